The molecule has 1 N–H and O–H groups in total. The number of carbonyl (C=O) groups is 1. The van der Waals surface area contributed by atoms with Crippen molar-refractivity contribution in [3.8, 4) is 0 Å². The Morgan fingerprint density at radius 3 is 2.78 bits per heavy atom. The molecule has 1 aromatic carbocycles. The summed E-state index contributed by atoms with van der Waals surface area (Å²) >= 11 is 1.30. The zero-order valence-corrected chi connectivity index (χ0v) is 10.6. The quantitative estimate of drug-likeness (QED) is 0.914. The van der Waals surface area contributed by atoms with Gasteiger partial charge in [0.05, 0.1) is 11.9 Å². The zero-order valence-electron chi connectivity index (χ0n) is 9.77. The van der Waals surface area contributed by atoms with Crippen molar-refractivity contribution >= 4 is 17.7 Å². The fourth-order valence-electron chi connectivity index (χ4n) is 1.95. The molecule has 98 valence electrons. The van der Waals surface area contributed by atoms with Crippen molar-refractivity contribution in [2.24, 2.45) is 0 Å². The van der Waals surface area contributed by atoms with E-state index in [4.69, 9.17) is 5.11 Å². The number of hydrogen-bond acceptors (Lipinski definition) is 3. The molecule has 1 heterocycles. The number of β-amino-alcohol motifs (C(OH)–C–C–N with tert-alkyl or cyclic N) is 1. The molecular formula is C12H13F2NO2S. The van der Waals surface area contributed by atoms with Crippen LogP contribution in [0.15, 0.2) is 18.2 Å². The van der Waals surface area contributed by atoms with Crippen LogP contribution < -0.4 is 0 Å². The normalized spacial score (nSPS) is 23.8. The summed E-state index contributed by atoms with van der Waals surface area (Å²) in [6.45, 7) is 1.70. The number of benzene rings is 1. The van der Waals surface area contributed by atoms with Crippen molar-refractivity contribution < 1.29 is 18.7 Å². The van der Waals surface area contributed by atoms with E-state index >= 15 is 0 Å². The first-order valence-corrected chi connectivity index (χ1v) is 6.50. The average Bonchev–Trinajstić information content (AvgIpc) is 2.58. The van der Waals surface area contributed by atoms with Gasteiger partial charge in [-0.1, -0.05) is 6.07 Å². The van der Waals surface area contributed by atoms with Gasteiger partial charge in [0.1, 0.15) is 17.0 Å². The molecule has 1 aliphatic heterocycles. The molecule has 18 heavy (non-hydrogen) atoms. The van der Waals surface area contributed by atoms with Crippen molar-refractivity contribution in [2.75, 3.05) is 13.2 Å². The minimum Gasteiger partial charge on any atom is -0.395 e. The second kappa shape index (κ2) is 5.24. The fourth-order valence-corrected chi connectivity index (χ4v) is 3.28. The summed E-state index contributed by atoms with van der Waals surface area (Å²) in [4.78, 5) is 13.3. The van der Waals surface area contributed by atoms with E-state index in [-0.39, 0.29) is 29.9 Å². The van der Waals surface area contributed by atoms with E-state index in [1.807, 2.05) is 0 Å². The summed E-state index contributed by atoms with van der Waals surface area (Å²) in [5.41, 5.74) is 0.271. The Morgan fingerprint density at radius 1 is 1.44 bits per heavy atom. The number of thioether (sulfide) groups is 1. The Balaban J connectivity index is 2.33. The van der Waals surface area contributed by atoms with Crippen LogP contribution in [0.1, 0.15) is 17.9 Å². The Morgan fingerprint density at radius 2 is 2.17 bits per heavy atom. The van der Waals surface area contributed by atoms with Gasteiger partial charge in [0.2, 0.25) is 5.91 Å². The largest absolute Gasteiger partial charge is 0.395 e. The summed E-state index contributed by atoms with van der Waals surface area (Å²) in [7, 11) is 0. The molecule has 2 atom stereocenters. The molecule has 0 radical (unpaired) electrons. The second-order valence-corrected chi connectivity index (χ2v) is 5.48. The predicted molar refractivity (Wildman–Crippen MR) is 65.0 cm³/mol. The van der Waals surface area contributed by atoms with Crippen molar-refractivity contribution in [3.63, 3.8) is 0 Å². The third-order valence-corrected chi connectivity index (χ3v) is 4.19. The van der Waals surface area contributed by atoms with Crippen molar-refractivity contribution in [1.82, 2.24) is 4.90 Å². The Bertz CT molecular complexity index is 469. The van der Waals surface area contributed by atoms with Gasteiger partial charge >= 0.3 is 0 Å². The molecule has 0 saturated carbocycles. The molecule has 1 aliphatic rings. The summed E-state index contributed by atoms with van der Waals surface area (Å²) in [5, 5.41) is 8.17. The first kappa shape index (κ1) is 13.3. The second-order valence-electron chi connectivity index (χ2n) is 4.05. The van der Waals surface area contributed by atoms with Gasteiger partial charge in [0.25, 0.3) is 0 Å². The molecule has 6 heteroatoms. The minimum atomic E-state index is -0.669. The maximum absolute atomic E-state index is 13.7. The molecule has 0 aliphatic carbocycles. The van der Waals surface area contributed by atoms with Gasteiger partial charge in [-0.25, -0.2) is 8.78 Å². The van der Waals surface area contributed by atoms with E-state index in [0.29, 0.717) is 0 Å². The van der Waals surface area contributed by atoms with Crippen LogP contribution in [0, 0.1) is 11.6 Å². The number of aliphatic hydroxyl groups is 1. The molecule has 1 aromatic rings. The van der Waals surface area contributed by atoms with E-state index in [1.165, 1.54) is 28.8 Å². The molecule has 3 nitrogen and oxygen atoms in total. The van der Waals surface area contributed by atoms with Gasteiger partial charge in [0.15, 0.2) is 0 Å². The molecule has 2 rings (SSSR count). The summed E-state index contributed by atoms with van der Waals surface area (Å²) in [6.07, 6.45) is 0. The van der Waals surface area contributed by atoms with Crippen molar-refractivity contribution in [2.45, 2.75) is 17.5 Å². The molecule has 1 amide bonds. The first-order chi connectivity index (χ1) is 8.54. The average molecular weight is 273 g/mol. The van der Waals surface area contributed by atoms with Gasteiger partial charge < -0.3 is 10.0 Å². The molecule has 0 spiro atoms. The van der Waals surface area contributed by atoms with Crippen molar-refractivity contribution in [1.29, 1.82) is 0 Å². The van der Waals surface area contributed by atoms with E-state index < -0.39 is 17.0 Å². The third-order valence-electron chi connectivity index (χ3n) is 2.82. The molecule has 0 unspecified atom stereocenters. The number of rotatable bonds is 3. The van der Waals surface area contributed by atoms with Crippen LogP contribution >= 0.6 is 11.8 Å². The Labute approximate surface area is 108 Å². The van der Waals surface area contributed by atoms with Crippen LogP contribution in [-0.4, -0.2) is 34.3 Å². The van der Waals surface area contributed by atoms with E-state index in [2.05, 4.69) is 0 Å². The maximum atomic E-state index is 13.7. The number of amides is 1. The smallest absolute Gasteiger partial charge is 0.236 e. The highest BCUT2D eigenvalue weighted by Gasteiger charge is 2.39. The summed E-state index contributed by atoms with van der Waals surface area (Å²) in [6, 6.07) is 3.32. The van der Waals surface area contributed by atoms with E-state index in [9.17, 15) is 13.6 Å². The Hall–Kier alpha value is -1.14. The van der Waals surface area contributed by atoms with Crippen LogP contribution in [0.5, 0.6) is 0 Å². The standard InChI is InChI=1S/C12H13F2NO2S/c1-7-11(17)15(4-5-16)12(18-7)9-3-2-8(13)6-10(9)14/h2-3,6-7,12,16H,4-5H2,1H3/t7-,12+/m1/s1. The number of halogens is 2. The van der Waals surface area contributed by atoms with Crippen LogP contribution in [0.4, 0.5) is 8.78 Å². The summed E-state index contributed by atoms with van der Waals surface area (Å²) in [5.74, 6) is -1.45. The number of carbonyl (C=O) groups excluding carboxylic acids is 1. The SMILES string of the molecule is C[C@H]1S[C@@H](c2ccc(F)cc2F)N(CCO)C1=O. The lowest BCUT2D eigenvalue weighted by atomic mass is 10.2. The topological polar surface area (TPSA) is 40.5 Å². The minimum absolute atomic E-state index is 0.136. The van der Waals surface area contributed by atoms with Gasteiger partial charge in [0, 0.05) is 18.2 Å². The first-order valence-electron chi connectivity index (χ1n) is 5.56. The number of hydrogen-bond donors (Lipinski definition) is 1. The maximum Gasteiger partial charge on any atom is 0.236 e. The lowest BCUT2D eigenvalue weighted by molar-refractivity contribution is -0.130. The monoisotopic (exact) mass is 273 g/mol. The van der Waals surface area contributed by atoms with Crippen LogP contribution in [0.2, 0.25) is 0 Å². The van der Waals surface area contributed by atoms with Gasteiger partial charge in [-0.15, -0.1) is 11.8 Å². The van der Waals surface area contributed by atoms with Crippen LogP contribution in [0.25, 0.3) is 0 Å². The Kier molecular flexibility index (Phi) is 3.87. The molecule has 0 bridgehead atoms. The summed E-state index contributed by atoms with van der Waals surface area (Å²) < 4.78 is 26.6. The fraction of sp³-hybridized carbons (Fsp3) is 0.417. The predicted octanol–water partition coefficient (Wildman–Crippen LogP) is 1.92. The lowest BCUT2D eigenvalue weighted by Gasteiger charge is -2.23. The highest BCUT2D eigenvalue weighted by molar-refractivity contribution is 8.01. The van der Waals surface area contributed by atoms with Crippen molar-refractivity contribution in [3.05, 3.63) is 35.4 Å². The zero-order chi connectivity index (χ0) is 13.3. The third kappa shape index (κ3) is 2.35. The van der Waals surface area contributed by atoms with Crippen LogP contribution in [0.3, 0.4) is 0 Å². The molecular weight excluding hydrogens is 260 g/mol. The molecule has 1 saturated heterocycles. The number of aliphatic hydroxyl groups excluding tert-OH is 1. The molecule has 1 fully saturated rings. The highest BCUT2D eigenvalue weighted by Crippen LogP contribution is 2.43. The van der Waals surface area contributed by atoms with E-state index in [1.54, 1.807) is 6.92 Å². The van der Waals surface area contributed by atoms with Gasteiger partial charge in [-0.05, 0) is 13.0 Å². The molecule has 0 aromatic heterocycles. The van der Waals surface area contributed by atoms with Gasteiger partial charge in [-0.2, -0.15) is 0 Å². The highest BCUT2D eigenvalue weighted by atomic mass is 32.2. The van der Waals surface area contributed by atoms with E-state index in [0.717, 1.165) is 6.07 Å². The van der Waals surface area contributed by atoms with Crippen LogP contribution in [-0.2, 0) is 4.79 Å². The van der Waals surface area contributed by atoms with Gasteiger partial charge in [-0.3, -0.25) is 4.79 Å². The lowest BCUT2D eigenvalue weighted by Crippen LogP contribution is -2.33. The number of nitrogens with zero attached hydrogens (tertiary/aromatic N) is 1.